The molecule has 4 nitrogen and oxygen atoms in total. The molecule has 0 heterocycles. The maximum Gasteiger partial charge on any atom is 0.152 e. The van der Waals surface area contributed by atoms with E-state index in [4.69, 9.17) is 10.5 Å². The third-order valence-electron chi connectivity index (χ3n) is 3.44. The second kappa shape index (κ2) is 7.38. The highest BCUT2D eigenvalue weighted by atomic mass is 32.2. The van der Waals surface area contributed by atoms with Crippen LogP contribution in [0.25, 0.3) is 0 Å². The van der Waals surface area contributed by atoms with Crippen molar-refractivity contribution in [2.24, 2.45) is 5.73 Å². The fourth-order valence-electron chi connectivity index (χ4n) is 2.11. The molecule has 5 heteroatoms. The first-order valence-corrected chi connectivity index (χ1v) is 9.03. The molecule has 120 valence electrons. The first-order valence-electron chi connectivity index (χ1n) is 7.21. The third-order valence-corrected chi connectivity index (χ3v) is 5.22. The van der Waals surface area contributed by atoms with E-state index in [9.17, 15) is 8.42 Å². The molecule has 0 saturated carbocycles. The van der Waals surface area contributed by atoms with Gasteiger partial charge in [-0.15, -0.1) is 0 Å². The van der Waals surface area contributed by atoms with Crippen molar-refractivity contribution in [2.45, 2.75) is 38.6 Å². The summed E-state index contributed by atoms with van der Waals surface area (Å²) < 4.78 is 28.8. The van der Waals surface area contributed by atoms with Gasteiger partial charge in [0.15, 0.2) is 9.84 Å². The molecule has 1 aromatic carbocycles. The predicted molar refractivity (Wildman–Crippen MR) is 87.2 cm³/mol. The number of nitrogens with two attached hydrogens (primary N) is 1. The first-order chi connectivity index (χ1) is 9.65. The Morgan fingerprint density at radius 2 is 1.76 bits per heavy atom. The topological polar surface area (TPSA) is 69.4 Å². The van der Waals surface area contributed by atoms with Gasteiger partial charge in [0.25, 0.3) is 0 Å². The lowest BCUT2D eigenvalue weighted by Gasteiger charge is -2.20. The number of sulfone groups is 1. The quantitative estimate of drug-likeness (QED) is 0.785. The van der Waals surface area contributed by atoms with Crippen molar-refractivity contribution in [2.75, 3.05) is 25.2 Å². The highest BCUT2D eigenvalue weighted by Gasteiger charge is 2.19. The molecule has 0 saturated heterocycles. The minimum atomic E-state index is -3.14. The summed E-state index contributed by atoms with van der Waals surface area (Å²) in [5.74, 6) is 0.0974. The van der Waals surface area contributed by atoms with E-state index >= 15 is 0 Å². The molecule has 0 aromatic heterocycles. The Hall–Kier alpha value is -0.910. The van der Waals surface area contributed by atoms with Crippen LogP contribution in [0, 0.1) is 0 Å². The number of ether oxygens (including phenoxy) is 1. The number of methoxy groups -OCH3 is 1. The van der Waals surface area contributed by atoms with Crippen LogP contribution in [-0.4, -0.2) is 33.6 Å². The predicted octanol–water partition coefficient (Wildman–Crippen LogP) is 2.44. The average molecular weight is 313 g/mol. The Bertz CT molecular complexity index is 530. The summed E-state index contributed by atoms with van der Waals surface area (Å²) in [4.78, 5) is 0. The number of benzene rings is 1. The number of rotatable bonds is 7. The van der Waals surface area contributed by atoms with E-state index in [2.05, 4.69) is 20.8 Å². The van der Waals surface area contributed by atoms with Crippen molar-refractivity contribution in [3.05, 3.63) is 35.4 Å². The molecule has 0 radical (unpaired) electrons. The lowest BCUT2D eigenvalue weighted by Crippen LogP contribution is -2.24. The Morgan fingerprint density at radius 3 is 2.24 bits per heavy atom. The van der Waals surface area contributed by atoms with Crippen LogP contribution >= 0.6 is 0 Å². The van der Waals surface area contributed by atoms with Gasteiger partial charge >= 0.3 is 0 Å². The Labute approximate surface area is 128 Å². The van der Waals surface area contributed by atoms with Gasteiger partial charge in [-0.1, -0.05) is 45.0 Å². The molecule has 0 bridgehead atoms. The average Bonchev–Trinajstić information content (AvgIpc) is 2.37. The molecule has 0 amide bonds. The summed E-state index contributed by atoms with van der Waals surface area (Å²) in [5, 5.41) is 0. The van der Waals surface area contributed by atoms with Crippen LogP contribution in [0.2, 0.25) is 0 Å². The third kappa shape index (κ3) is 6.16. The smallest absolute Gasteiger partial charge is 0.152 e. The lowest BCUT2D eigenvalue weighted by molar-refractivity contribution is 0.199. The fourth-order valence-corrected chi connectivity index (χ4v) is 3.57. The zero-order valence-electron chi connectivity index (χ0n) is 13.4. The zero-order chi connectivity index (χ0) is 16.1. The molecule has 0 aliphatic carbocycles. The molecule has 1 atom stereocenters. The van der Waals surface area contributed by atoms with Gasteiger partial charge in [0.05, 0.1) is 11.5 Å². The van der Waals surface area contributed by atoms with Gasteiger partial charge in [-0.2, -0.15) is 0 Å². The molecule has 0 aliphatic rings. The van der Waals surface area contributed by atoms with E-state index < -0.39 is 15.9 Å². The molecule has 1 rings (SSSR count). The number of hydrogen-bond donors (Lipinski definition) is 1. The van der Waals surface area contributed by atoms with Crippen molar-refractivity contribution < 1.29 is 13.2 Å². The van der Waals surface area contributed by atoms with Gasteiger partial charge in [-0.3, -0.25) is 0 Å². The molecule has 1 aromatic rings. The molecule has 1 unspecified atom stereocenters. The van der Waals surface area contributed by atoms with E-state index in [-0.39, 0.29) is 16.9 Å². The van der Waals surface area contributed by atoms with Gasteiger partial charge in [0, 0.05) is 19.8 Å². The second-order valence-corrected chi connectivity index (χ2v) is 8.67. The Kier molecular flexibility index (Phi) is 6.38. The van der Waals surface area contributed by atoms with Crippen LogP contribution in [0.1, 0.15) is 44.4 Å². The fraction of sp³-hybridized carbons (Fsp3) is 0.625. The van der Waals surface area contributed by atoms with E-state index in [0.29, 0.717) is 13.0 Å². The summed E-state index contributed by atoms with van der Waals surface area (Å²) in [5.41, 5.74) is 8.18. The summed E-state index contributed by atoms with van der Waals surface area (Å²) in [6.07, 6.45) is 0.508. The largest absolute Gasteiger partial charge is 0.385 e. The van der Waals surface area contributed by atoms with Crippen molar-refractivity contribution in [3.8, 4) is 0 Å². The van der Waals surface area contributed by atoms with E-state index in [0.717, 1.165) is 5.56 Å². The Morgan fingerprint density at radius 1 is 1.19 bits per heavy atom. The molecule has 0 spiro atoms. The van der Waals surface area contributed by atoms with Crippen LogP contribution in [0.3, 0.4) is 0 Å². The Balaban J connectivity index is 2.69. The highest BCUT2D eigenvalue weighted by Crippen LogP contribution is 2.23. The van der Waals surface area contributed by atoms with E-state index in [1.807, 2.05) is 24.3 Å². The second-order valence-electron chi connectivity index (χ2n) is 6.44. The number of hydrogen-bond acceptors (Lipinski definition) is 4. The lowest BCUT2D eigenvalue weighted by atomic mass is 9.86. The van der Waals surface area contributed by atoms with Crippen LogP contribution in [0.4, 0.5) is 0 Å². The molecular formula is C16H27NO3S. The molecule has 2 N–H and O–H groups in total. The van der Waals surface area contributed by atoms with Crippen molar-refractivity contribution >= 4 is 9.84 Å². The summed E-state index contributed by atoms with van der Waals surface area (Å²) in [6.45, 7) is 6.88. The van der Waals surface area contributed by atoms with Gasteiger partial charge in [0.1, 0.15) is 0 Å². The first kappa shape index (κ1) is 18.1. The van der Waals surface area contributed by atoms with Crippen molar-refractivity contribution in [1.82, 2.24) is 0 Å². The van der Waals surface area contributed by atoms with Gasteiger partial charge in [-0.05, 0) is 23.0 Å². The van der Waals surface area contributed by atoms with E-state index in [1.54, 1.807) is 7.11 Å². The van der Waals surface area contributed by atoms with Crippen molar-refractivity contribution in [3.63, 3.8) is 0 Å². The van der Waals surface area contributed by atoms with Crippen molar-refractivity contribution in [1.29, 1.82) is 0 Å². The van der Waals surface area contributed by atoms with Crippen LogP contribution in [0.15, 0.2) is 24.3 Å². The molecule has 21 heavy (non-hydrogen) atoms. The summed E-state index contributed by atoms with van der Waals surface area (Å²) >= 11 is 0. The van der Waals surface area contributed by atoms with Gasteiger partial charge < -0.3 is 10.5 Å². The highest BCUT2D eigenvalue weighted by molar-refractivity contribution is 7.91. The van der Waals surface area contributed by atoms with Crippen LogP contribution < -0.4 is 5.73 Å². The van der Waals surface area contributed by atoms with Crippen LogP contribution in [0.5, 0.6) is 0 Å². The SMILES string of the molecule is COCCCS(=O)(=O)CC(N)c1ccc(C(C)(C)C)cc1. The molecule has 0 aliphatic heterocycles. The monoisotopic (exact) mass is 313 g/mol. The van der Waals surface area contributed by atoms with E-state index in [1.165, 1.54) is 5.56 Å². The maximum atomic E-state index is 12.0. The minimum Gasteiger partial charge on any atom is -0.385 e. The standard InChI is InChI=1S/C16H27NO3S/c1-16(2,3)14-8-6-13(7-9-14)15(17)12-21(18,19)11-5-10-20-4/h6-9,15H,5,10-12,17H2,1-4H3. The van der Waals surface area contributed by atoms with Crippen LogP contribution in [-0.2, 0) is 20.0 Å². The van der Waals surface area contributed by atoms with Gasteiger partial charge in [-0.25, -0.2) is 8.42 Å². The van der Waals surface area contributed by atoms with Gasteiger partial charge in [0.2, 0.25) is 0 Å². The molecule has 0 fully saturated rings. The summed E-state index contributed by atoms with van der Waals surface area (Å²) in [6, 6.07) is 7.41. The minimum absolute atomic E-state index is 0.0222. The normalized spacial score (nSPS) is 14.1. The zero-order valence-corrected chi connectivity index (χ0v) is 14.2. The molecular weight excluding hydrogens is 286 g/mol. The maximum absolute atomic E-state index is 12.0. The summed E-state index contributed by atoms with van der Waals surface area (Å²) in [7, 11) is -1.58.